The SMILES string of the molecule is N#Cc1cc(Br)ccc1NC(=O)NC1(CC(=O)O)CCC1. The Bertz CT molecular complexity index is 620. The zero-order valence-electron chi connectivity index (χ0n) is 11.1. The van der Waals surface area contributed by atoms with E-state index in [1.54, 1.807) is 18.2 Å². The van der Waals surface area contributed by atoms with E-state index in [1.165, 1.54) is 0 Å². The molecule has 110 valence electrons. The lowest BCUT2D eigenvalue weighted by Gasteiger charge is -2.41. The summed E-state index contributed by atoms with van der Waals surface area (Å²) in [4.78, 5) is 22.9. The standard InChI is InChI=1S/C14H14BrN3O3/c15-10-2-3-11(9(6-10)8-16)17-13(21)18-14(4-1-5-14)7-12(19)20/h2-3,6H,1,4-5,7H2,(H,19,20)(H2,17,18,21). The van der Waals surface area contributed by atoms with Gasteiger partial charge in [-0.3, -0.25) is 4.79 Å². The fraction of sp³-hybridized carbons (Fsp3) is 0.357. The number of carboxylic acids is 1. The Morgan fingerprint density at radius 2 is 2.14 bits per heavy atom. The largest absolute Gasteiger partial charge is 0.481 e. The number of nitriles is 1. The molecule has 0 aromatic heterocycles. The molecule has 1 saturated carbocycles. The van der Waals surface area contributed by atoms with Gasteiger partial charge in [-0.05, 0) is 37.5 Å². The van der Waals surface area contributed by atoms with Gasteiger partial charge in [-0.2, -0.15) is 5.26 Å². The summed E-state index contributed by atoms with van der Waals surface area (Å²) in [7, 11) is 0. The molecule has 0 heterocycles. The van der Waals surface area contributed by atoms with Gasteiger partial charge in [0.25, 0.3) is 0 Å². The van der Waals surface area contributed by atoms with E-state index in [4.69, 9.17) is 10.4 Å². The van der Waals surface area contributed by atoms with Gasteiger partial charge in [-0.15, -0.1) is 0 Å². The second kappa shape index (κ2) is 6.14. The highest BCUT2D eigenvalue weighted by molar-refractivity contribution is 9.10. The molecule has 2 rings (SSSR count). The molecule has 0 bridgehead atoms. The number of carbonyl (C=O) groups is 2. The van der Waals surface area contributed by atoms with Gasteiger partial charge in [0, 0.05) is 4.47 Å². The van der Waals surface area contributed by atoms with E-state index >= 15 is 0 Å². The molecule has 21 heavy (non-hydrogen) atoms. The van der Waals surface area contributed by atoms with Crippen molar-refractivity contribution in [2.24, 2.45) is 0 Å². The van der Waals surface area contributed by atoms with Crippen LogP contribution in [-0.2, 0) is 4.79 Å². The number of nitrogens with zero attached hydrogens (tertiary/aromatic N) is 1. The maximum Gasteiger partial charge on any atom is 0.319 e. The minimum Gasteiger partial charge on any atom is -0.481 e. The molecule has 0 saturated heterocycles. The van der Waals surface area contributed by atoms with Crippen molar-refractivity contribution in [2.75, 3.05) is 5.32 Å². The number of hydrogen-bond donors (Lipinski definition) is 3. The first-order chi connectivity index (χ1) is 9.94. The summed E-state index contributed by atoms with van der Waals surface area (Å²) in [6.07, 6.45) is 2.11. The Labute approximate surface area is 130 Å². The average molecular weight is 352 g/mol. The molecule has 1 aromatic carbocycles. The number of carbonyl (C=O) groups excluding carboxylic acids is 1. The minimum atomic E-state index is -0.934. The third-order valence-electron chi connectivity index (χ3n) is 3.53. The van der Waals surface area contributed by atoms with E-state index < -0.39 is 17.5 Å². The van der Waals surface area contributed by atoms with Crippen molar-refractivity contribution in [3.63, 3.8) is 0 Å². The van der Waals surface area contributed by atoms with Crippen LogP contribution in [0.3, 0.4) is 0 Å². The van der Waals surface area contributed by atoms with Gasteiger partial charge in [0.2, 0.25) is 0 Å². The second-order valence-corrected chi connectivity index (χ2v) is 6.00. The van der Waals surface area contributed by atoms with Crippen LogP contribution < -0.4 is 10.6 Å². The number of amides is 2. The zero-order chi connectivity index (χ0) is 15.5. The predicted molar refractivity (Wildman–Crippen MR) is 79.8 cm³/mol. The van der Waals surface area contributed by atoms with Crippen LogP contribution in [-0.4, -0.2) is 22.6 Å². The van der Waals surface area contributed by atoms with Crippen LogP contribution in [0, 0.1) is 11.3 Å². The minimum absolute atomic E-state index is 0.0914. The third kappa shape index (κ3) is 3.73. The normalized spacial score (nSPS) is 15.4. The number of hydrogen-bond acceptors (Lipinski definition) is 3. The van der Waals surface area contributed by atoms with Crippen LogP contribution in [0.25, 0.3) is 0 Å². The van der Waals surface area contributed by atoms with Gasteiger partial charge in [0.05, 0.1) is 23.2 Å². The number of nitrogens with one attached hydrogen (secondary N) is 2. The molecule has 1 fully saturated rings. The van der Waals surface area contributed by atoms with Crippen molar-refractivity contribution in [2.45, 2.75) is 31.2 Å². The number of halogens is 1. The fourth-order valence-corrected chi connectivity index (χ4v) is 2.71. The summed E-state index contributed by atoms with van der Waals surface area (Å²) in [5, 5.41) is 23.3. The number of rotatable bonds is 4. The third-order valence-corrected chi connectivity index (χ3v) is 4.02. The zero-order valence-corrected chi connectivity index (χ0v) is 12.7. The van der Waals surface area contributed by atoms with Crippen molar-refractivity contribution < 1.29 is 14.7 Å². The topological polar surface area (TPSA) is 102 Å². The molecule has 3 N–H and O–H groups in total. The highest BCUT2D eigenvalue weighted by Crippen LogP contribution is 2.35. The quantitative estimate of drug-likeness (QED) is 0.775. The number of anilines is 1. The molecule has 1 aromatic rings. The summed E-state index contributed by atoms with van der Waals surface area (Å²) in [6.45, 7) is 0. The van der Waals surface area contributed by atoms with Crippen LogP contribution in [0.2, 0.25) is 0 Å². The van der Waals surface area contributed by atoms with Crippen molar-refractivity contribution in [1.29, 1.82) is 5.26 Å². The van der Waals surface area contributed by atoms with Gasteiger partial charge in [0.15, 0.2) is 0 Å². The Hall–Kier alpha value is -2.07. The maximum absolute atomic E-state index is 12.0. The number of benzene rings is 1. The van der Waals surface area contributed by atoms with Gasteiger partial charge in [-0.1, -0.05) is 15.9 Å². The molecule has 1 aliphatic carbocycles. The van der Waals surface area contributed by atoms with Gasteiger partial charge >= 0.3 is 12.0 Å². The van der Waals surface area contributed by atoms with E-state index in [0.717, 1.165) is 10.9 Å². The van der Waals surface area contributed by atoms with E-state index in [2.05, 4.69) is 26.6 Å². The van der Waals surface area contributed by atoms with Crippen LogP contribution in [0.15, 0.2) is 22.7 Å². The van der Waals surface area contributed by atoms with Gasteiger partial charge in [-0.25, -0.2) is 4.79 Å². The first kappa shape index (κ1) is 15.3. The molecule has 0 radical (unpaired) electrons. The second-order valence-electron chi connectivity index (χ2n) is 5.09. The van der Waals surface area contributed by atoms with Crippen LogP contribution >= 0.6 is 15.9 Å². The summed E-state index contributed by atoms with van der Waals surface area (Å²) < 4.78 is 0.742. The van der Waals surface area contributed by atoms with Crippen molar-refractivity contribution in [1.82, 2.24) is 5.32 Å². The maximum atomic E-state index is 12.0. The summed E-state index contributed by atoms with van der Waals surface area (Å²) in [5.41, 5.74) is 0.0568. The molecular weight excluding hydrogens is 338 g/mol. The summed E-state index contributed by atoms with van der Waals surface area (Å²) in [5.74, 6) is -0.934. The van der Waals surface area contributed by atoms with Crippen molar-refractivity contribution in [3.8, 4) is 6.07 Å². The average Bonchev–Trinajstić information content (AvgIpc) is 2.37. The Morgan fingerprint density at radius 1 is 1.43 bits per heavy atom. The molecule has 0 unspecified atom stereocenters. The van der Waals surface area contributed by atoms with E-state index in [1.807, 2.05) is 6.07 Å². The van der Waals surface area contributed by atoms with E-state index in [-0.39, 0.29) is 6.42 Å². The van der Waals surface area contributed by atoms with Crippen LogP contribution in [0.4, 0.5) is 10.5 Å². The fourth-order valence-electron chi connectivity index (χ4n) is 2.35. The molecule has 0 aliphatic heterocycles. The van der Waals surface area contributed by atoms with E-state index in [9.17, 15) is 9.59 Å². The van der Waals surface area contributed by atoms with Crippen molar-refractivity contribution >= 4 is 33.6 Å². The Balaban J connectivity index is 2.05. The van der Waals surface area contributed by atoms with E-state index in [0.29, 0.717) is 24.1 Å². The molecule has 0 spiro atoms. The lowest BCUT2D eigenvalue weighted by Crippen LogP contribution is -2.55. The highest BCUT2D eigenvalue weighted by atomic mass is 79.9. The lowest BCUT2D eigenvalue weighted by molar-refractivity contribution is -0.139. The smallest absolute Gasteiger partial charge is 0.319 e. The first-order valence-electron chi connectivity index (χ1n) is 6.45. The molecule has 2 amide bonds. The predicted octanol–water partition coefficient (Wildman–Crippen LogP) is 2.84. The number of carboxylic acid groups (broad SMARTS) is 1. The molecule has 7 heteroatoms. The summed E-state index contributed by atoms with van der Waals surface area (Å²) in [6, 6.07) is 6.44. The molecule has 0 atom stereocenters. The summed E-state index contributed by atoms with van der Waals surface area (Å²) >= 11 is 3.25. The van der Waals surface area contributed by atoms with Gasteiger partial charge < -0.3 is 15.7 Å². The van der Waals surface area contributed by atoms with Crippen molar-refractivity contribution in [3.05, 3.63) is 28.2 Å². The van der Waals surface area contributed by atoms with Crippen LogP contribution in [0.1, 0.15) is 31.2 Å². The Kier molecular flexibility index (Phi) is 4.48. The Morgan fingerprint density at radius 3 is 2.67 bits per heavy atom. The lowest BCUT2D eigenvalue weighted by atomic mass is 9.74. The first-order valence-corrected chi connectivity index (χ1v) is 7.24. The van der Waals surface area contributed by atoms with Crippen LogP contribution in [0.5, 0.6) is 0 Å². The monoisotopic (exact) mass is 351 g/mol. The number of urea groups is 1. The molecule has 6 nitrogen and oxygen atoms in total. The number of aliphatic carboxylic acids is 1. The highest BCUT2D eigenvalue weighted by Gasteiger charge is 2.40. The molecular formula is C14H14BrN3O3. The molecule has 1 aliphatic rings. The van der Waals surface area contributed by atoms with Gasteiger partial charge in [0.1, 0.15) is 6.07 Å².